The Morgan fingerprint density at radius 3 is 3.19 bits per heavy atom. The zero-order valence-electron chi connectivity index (χ0n) is 8.34. The molecule has 1 aromatic heterocycles. The van der Waals surface area contributed by atoms with Gasteiger partial charge in [-0.15, -0.1) is 12.4 Å². The standard InChI is InChI=1S/C10H10N2O3.ClH/c13-9(14)2-1-7-5-8-10(12-6-7)15-4-3-11-8;/h1-2,5-6,11H,3-4H2,(H,13,14);1H. The van der Waals surface area contributed by atoms with E-state index in [1.165, 1.54) is 6.08 Å². The minimum atomic E-state index is -0.975. The molecule has 0 saturated carbocycles. The molecule has 0 aromatic carbocycles. The number of carboxylic acids is 1. The second-order valence-corrected chi connectivity index (χ2v) is 3.07. The molecule has 86 valence electrons. The number of halogens is 1. The van der Waals surface area contributed by atoms with Gasteiger partial charge in [0.15, 0.2) is 0 Å². The van der Waals surface area contributed by atoms with Crippen LogP contribution in [0.2, 0.25) is 0 Å². The first-order valence-electron chi connectivity index (χ1n) is 4.53. The number of pyridine rings is 1. The predicted octanol–water partition coefficient (Wildman–Crippen LogP) is 1.41. The SMILES string of the molecule is Cl.O=C(O)C=Cc1cnc2c(c1)NCCO2. The maximum absolute atomic E-state index is 10.3. The van der Waals surface area contributed by atoms with Crippen LogP contribution in [0.15, 0.2) is 18.3 Å². The van der Waals surface area contributed by atoms with Crippen molar-refractivity contribution in [2.45, 2.75) is 0 Å². The molecule has 0 fully saturated rings. The fourth-order valence-corrected chi connectivity index (χ4v) is 1.30. The molecule has 2 heterocycles. The van der Waals surface area contributed by atoms with Gasteiger partial charge in [0.2, 0.25) is 5.88 Å². The van der Waals surface area contributed by atoms with Gasteiger partial charge in [-0.3, -0.25) is 0 Å². The summed E-state index contributed by atoms with van der Waals surface area (Å²) < 4.78 is 5.29. The Labute approximate surface area is 98.6 Å². The Balaban J connectivity index is 0.00000128. The second kappa shape index (κ2) is 5.37. The fraction of sp³-hybridized carbons (Fsp3) is 0.200. The van der Waals surface area contributed by atoms with Crippen molar-refractivity contribution < 1.29 is 14.6 Å². The maximum Gasteiger partial charge on any atom is 0.328 e. The minimum absolute atomic E-state index is 0. The van der Waals surface area contributed by atoms with Crippen LogP contribution < -0.4 is 10.1 Å². The van der Waals surface area contributed by atoms with E-state index in [2.05, 4.69) is 10.3 Å². The number of hydrogen-bond acceptors (Lipinski definition) is 4. The molecule has 0 radical (unpaired) electrons. The highest BCUT2D eigenvalue weighted by Gasteiger charge is 2.10. The number of nitrogens with zero attached hydrogens (tertiary/aromatic N) is 1. The zero-order valence-corrected chi connectivity index (χ0v) is 9.16. The van der Waals surface area contributed by atoms with Crippen molar-refractivity contribution in [2.75, 3.05) is 18.5 Å². The molecule has 0 bridgehead atoms. The van der Waals surface area contributed by atoms with Gasteiger partial charge in [0.25, 0.3) is 0 Å². The van der Waals surface area contributed by atoms with E-state index in [0.29, 0.717) is 12.5 Å². The first-order valence-corrected chi connectivity index (χ1v) is 4.53. The first kappa shape index (κ1) is 12.3. The van der Waals surface area contributed by atoms with Gasteiger partial charge >= 0.3 is 5.97 Å². The number of aliphatic carboxylic acids is 1. The lowest BCUT2D eigenvalue weighted by molar-refractivity contribution is -0.131. The van der Waals surface area contributed by atoms with E-state index in [-0.39, 0.29) is 12.4 Å². The summed E-state index contributed by atoms with van der Waals surface area (Å²) in [4.78, 5) is 14.4. The van der Waals surface area contributed by atoms with E-state index >= 15 is 0 Å². The lowest BCUT2D eigenvalue weighted by atomic mass is 10.2. The number of ether oxygens (including phenoxy) is 1. The van der Waals surface area contributed by atoms with Crippen LogP contribution >= 0.6 is 12.4 Å². The Hall–Kier alpha value is -1.75. The molecular weight excluding hydrogens is 232 g/mol. The van der Waals surface area contributed by atoms with Crippen molar-refractivity contribution in [3.8, 4) is 5.88 Å². The van der Waals surface area contributed by atoms with E-state index in [4.69, 9.17) is 9.84 Å². The molecule has 0 saturated heterocycles. The van der Waals surface area contributed by atoms with Crippen LogP contribution in [-0.4, -0.2) is 29.2 Å². The van der Waals surface area contributed by atoms with Crippen molar-refractivity contribution in [3.05, 3.63) is 23.9 Å². The highest BCUT2D eigenvalue weighted by Crippen LogP contribution is 2.25. The largest absolute Gasteiger partial charge is 0.478 e. The third-order valence-electron chi connectivity index (χ3n) is 1.95. The summed E-state index contributed by atoms with van der Waals surface area (Å²) in [6.07, 6.45) is 4.14. The van der Waals surface area contributed by atoms with Gasteiger partial charge in [-0.1, -0.05) is 0 Å². The monoisotopic (exact) mass is 242 g/mol. The van der Waals surface area contributed by atoms with Crippen LogP contribution in [0.1, 0.15) is 5.56 Å². The van der Waals surface area contributed by atoms with Gasteiger partial charge in [-0.25, -0.2) is 9.78 Å². The summed E-state index contributed by atoms with van der Waals surface area (Å²) in [5.74, 6) is -0.411. The predicted molar refractivity (Wildman–Crippen MR) is 62.1 cm³/mol. The van der Waals surface area contributed by atoms with E-state index < -0.39 is 5.97 Å². The highest BCUT2D eigenvalue weighted by atomic mass is 35.5. The molecule has 0 spiro atoms. The van der Waals surface area contributed by atoms with Gasteiger partial charge in [0, 0.05) is 18.8 Å². The summed E-state index contributed by atoms with van der Waals surface area (Å²) in [5, 5.41) is 11.6. The molecule has 1 aliphatic rings. The quantitative estimate of drug-likeness (QED) is 0.768. The second-order valence-electron chi connectivity index (χ2n) is 3.07. The maximum atomic E-state index is 10.3. The number of hydrogen-bond donors (Lipinski definition) is 2. The van der Waals surface area contributed by atoms with Crippen LogP contribution in [0.5, 0.6) is 5.88 Å². The average Bonchev–Trinajstić information content (AvgIpc) is 2.26. The molecule has 0 atom stereocenters. The summed E-state index contributed by atoms with van der Waals surface area (Å²) in [6.45, 7) is 1.34. The summed E-state index contributed by atoms with van der Waals surface area (Å²) >= 11 is 0. The molecule has 2 N–H and O–H groups in total. The third kappa shape index (κ3) is 2.87. The van der Waals surface area contributed by atoms with Crippen molar-refractivity contribution in [3.63, 3.8) is 0 Å². The number of rotatable bonds is 2. The lowest BCUT2D eigenvalue weighted by Crippen LogP contribution is -2.18. The van der Waals surface area contributed by atoms with Crippen molar-refractivity contribution in [1.29, 1.82) is 0 Å². The van der Waals surface area contributed by atoms with Crippen LogP contribution in [-0.2, 0) is 4.79 Å². The van der Waals surface area contributed by atoms with Gasteiger partial charge in [-0.05, 0) is 17.7 Å². The first-order chi connectivity index (χ1) is 7.25. The van der Waals surface area contributed by atoms with Crippen LogP contribution in [0.3, 0.4) is 0 Å². The molecule has 0 amide bonds. The third-order valence-corrected chi connectivity index (χ3v) is 1.95. The van der Waals surface area contributed by atoms with Gasteiger partial charge in [-0.2, -0.15) is 0 Å². The summed E-state index contributed by atoms with van der Waals surface area (Å²) in [6, 6.07) is 1.81. The molecule has 1 aliphatic heterocycles. The van der Waals surface area contributed by atoms with Crippen molar-refractivity contribution in [1.82, 2.24) is 4.98 Å². The van der Waals surface area contributed by atoms with Crippen molar-refractivity contribution >= 4 is 30.1 Å². The van der Waals surface area contributed by atoms with E-state index in [9.17, 15) is 4.79 Å². The molecule has 6 heteroatoms. The van der Waals surface area contributed by atoms with Crippen LogP contribution in [0.4, 0.5) is 5.69 Å². The van der Waals surface area contributed by atoms with Crippen LogP contribution in [0.25, 0.3) is 6.08 Å². The number of nitrogens with one attached hydrogen (secondary N) is 1. The van der Waals surface area contributed by atoms with Crippen LogP contribution in [0, 0.1) is 0 Å². The Kier molecular flexibility index (Phi) is 4.13. The summed E-state index contributed by atoms with van der Waals surface area (Å²) in [5.41, 5.74) is 1.53. The van der Waals surface area contributed by atoms with Gasteiger partial charge < -0.3 is 15.2 Å². The van der Waals surface area contributed by atoms with Gasteiger partial charge in [0.05, 0.1) is 5.69 Å². The molecular formula is C10H11ClN2O3. The summed E-state index contributed by atoms with van der Waals surface area (Å²) in [7, 11) is 0. The molecule has 5 nitrogen and oxygen atoms in total. The highest BCUT2D eigenvalue weighted by molar-refractivity contribution is 5.85. The number of anilines is 1. The smallest absolute Gasteiger partial charge is 0.328 e. The van der Waals surface area contributed by atoms with E-state index in [1.54, 1.807) is 12.3 Å². The fourth-order valence-electron chi connectivity index (χ4n) is 1.30. The molecule has 0 aliphatic carbocycles. The number of carboxylic acid groups (broad SMARTS) is 1. The number of aromatic nitrogens is 1. The molecule has 1 aromatic rings. The molecule has 2 rings (SSSR count). The molecule has 16 heavy (non-hydrogen) atoms. The minimum Gasteiger partial charge on any atom is -0.478 e. The normalized spacial score (nSPS) is 13.2. The Bertz CT molecular complexity index is 421. The lowest BCUT2D eigenvalue weighted by Gasteiger charge is -2.17. The zero-order chi connectivity index (χ0) is 10.7. The van der Waals surface area contributed by atoms with Crippen molar-refractivity contribution in [2.24, 2.45) is 0 Å². The number of fused-ring (bicyclic) bond motifs is 1. The Morgan fingerprint density at radius 2 is 2.44 bits per heavy atom. The van der Waals surface area contributed by atoms with E-state index in [0.717, 1.165) is 23.9 Å². The van der Waals surface area contributed by atoms with Gasteiger partial charge in [0.1, 0.15) is 6.61 Å². The topological polar surface area (TPSA) is 71.5 Å². The van der Waals surface area contributed by atoms with E-state index in [1.807, 2.05) is 0 Å². The molecule has 0 unspecified atom stereocenters. The Morgan fingerprint density at radius 1 is 1.62 bits per heavy atom. The number of carbonyl (C=O) groups is 1. The average molecular weight is 243 g/mol.